The summed E-state index contributed by atoms with van der Waals surface area (Å²) in [4.78, 5) is 38.5. The predicted molar refractivity (Wildman–Crippen MR) is 125 cm³/mol. The number of carbonyl (C=O) groups excluding carboxylic acids is 3. The lowest BCUT2D eigenvalue weighted by molar-refractivity contribution is -0.145. The molecular weight excluding hydrogens is 458 g/mol. The molecule has 0 saturated carbocycles. The number of amides is 2. The second-order valence-corrected chi connectivity index (χ2v) is 9.84. The van der Waals surface area contributed by atoms with Gasteiger partial charge in [-0.3, -0.25) is 9.59 Å². The minimum absolute atomic E-state index is 0.0211. The van der Waals surface area contributed by atoms with E-state index in [1.54, 1.807) is 11.8 Å². The molecule has 1 unspecified atom stereocenters. The average molecular weight is 488 g/mol. The summed E-state index contributed by atoms with van der Waals surface area (Å²) in [6.45, 7) is 4.30. The van der Waals surface area contributed by atoms with Crippen LogP contribution in [0.15, 0.2) is 59.5 Å². The van der Waals surface area contributed by atoms with Gasteiger partial charge in [0, 0.05) is 45.1 Å². The second kappa shape index (κ2) is 11.3. The van der Waals surface area contributed by atoms with Gasteiger partial charge >= 0.3 is 5.97 Å². The Morgan fingerprint density at radius 1 is 1.00 bits per heavy atom. The highest BCUT2D eigenvalue weighted by Crippen LogP contribution is 2.19. The van der Waals surface area contributed by atoms with E-state index in [0.29, 0.717) is 13.1 Å². The lowest BCUT2D eigenvalue weighted by Gasteiger charge is -2.33. The summed E-state index contributed by atoms with van der Waals surface area (Å²) in [6, 6.07) is 14.0. The Labute approximate surface area is 199 Å². The Balaban J connectivity index is 1.76. The maximum absolute atomic E-state index is 13.1. The van der Waals surface area contributed by atoms with Crippen molar-refractivity contribution in [2.24, 2.45) is 0 Å². The summed E-state index contributed by atoms with van der Waals surface area (Å²) in [6.07, 6.45) is 0.240. The summed E-state index contributed by atoms with van der Waals surface area (Å²) in [5.74, 6) is -1.23. The highest BCUT2D eigenvalue weighted by Gasteiger charge is 2.30. The number of benzene rings is 2. The zero-order valence-electron chi connectivity index (χ0n) is 19.3. The van der Waals surface area contributed by atoms with Crippen LogP contribution in [0.5, 0.6) is 0 Å². The van der Waals surface area contributed by atoms with Crippen molar-refractivity contribution in [3.63, 3.8) is 0 Å². The molecule has 2 aromatic rings. The quantitative estimate of drug-likeness (QED) is 0.564. The molecule has 2 amide bonds. The van der Waals surface area contributed by atoms with Gasteiger partial charge < -0.3 is 15.0 Å². The number of carbonyl (C=O) groups is 3. The molecule has 1 saturated heterocycles. The first-order valence-electron chi connectivity index (χ1n) is 11.1. The fourth-order valence-corrected chi connectivity index (χ4v) is 5.19. The minimum atomic E-state index is -3.85. The molecule has 0 aliphatic carbocycles. The monoisotopic (exact) mass is 487 g/mol. The molecule has 10 heteroatoms. The molecule has 9 nitrogen and oxygen atoms in total. The maximum Gasteiger partial charge on any atom is 0.328 e. The Kier molecular flexibility index (Phi) is 8.41. The van der Waals surface area contributed by atoms with Gasteiger partial charge in [0.2, 0.25) is 15.9 Å². The Morgan fingerprint density at radius 2 is 1.68 bits per heavy atom. The molecule has 1 atom stereocenters. The highest BCUT2D eigenvalue weighted by atomic mass is 32.2. The summed E-state index contributed by atoms with van der Waals surface area (Å²) in [5.41, 5.74) is 0.965. The largest absolute Gasteiger partial charge is 0.464 e. The number of nitrogens with one attached hydrogen (secondary N) is 1. The molecular formula is C24H29N3O6S. The third kappa shape index (κ3) is 6.21. The second-order valence-electron chi connectivity index (χ2n) is 7.91. The fourth-order valence-electron chi connectivity index (χ4n) is 3.72. The van der Waals surface area contributed by atoms with E-state index in [9.17, 15) is 22.8 Å². The third-order valence-electron chi connectivity index (χ3n) is 5.58. The van der Waals surface area contributed by atoms with Crippen LogP contribution in [0.25, 0.3) is 0 Å². The van der Waals surface area contributed by atoms with Gasteiger partial charge in [-0.05, 0) is 30.7 Å². The van der Waals surface area contributed by atoms with E-state index in [1.807, 2.05) is 30.3 Å². The van der Waals surface area contributed by atoms with Gasteiger partial charge in [-0.1, -0.05) is 36.4 Å². The number of hydrogen-bond acceptors (Lipinski definition) is 6. The first-order chi connectivity index (χ1) is 16.2. The first-order valence-corrected chi connectivity index (χ1v) is 12.5. The molecule has 3 rings (SSSR count). The van der Waals surface area contributed by atoms with Crippen LogP contribution in [0.1, 0.15) is 29.8 Å². The van der Waals surface area contributed by atoms with Gasteiger partial charge in [0.25, 0.3) is 5.91 Å². The smallest absolute Gasteiger partial charge is 0.328 e. The molecule has 1 aliphatic heterocycles. The van der Waals surface area contributed by atoms with Gasteiger partial charge in [0.05, 0.1) is 11.5 Å². The van der Waals surface area contributed by atoms with Crippen LogP contribution in [0.3, 0.4) is 0 Å². The van der Waals surface area contributed by atoms with Crippen molar-refractivity contribution >= 4 is 27.8 Å². The van der Waals surface area contributed by atoms with Crippen LogP contribution in [0.4, 0.5) is 0 Å². The number of ether oxygens (including phenoxy) is 1. The van der Waals surface area contributed by atoms with Crippen molar-refractivity contribution in [2.45, 2.75) is 31.2 Å². The van der Waals surface area contributed by atoms with Crippen LogP contribution < -0.4 is 5.32 Å². The average Bonchev–Trinajstić information content (AvgIpc) is 2.84. The SMILES string of the molecule is CCOC(=O)C(Cc1ccccc1)NC(=O)c1cccc(S(=O)(=O)N2CCN(C(C)=O)CC2)c1. The number of rotatable bonds is 8. The predicted octanol–water partition coefficient (Wildman–Crippen LogP) is 1.44. The van der Waals surface area contributed by atoms with Gasteiger partial charge in [-0.15, -0.1) is 0 Å². The fraction of sp³-hybridized carbons (Fsp3) is 0.375. The van der Waals surface area contributed by atoms with Gasteiger partial charge in [-0.2, -0.15) is 4.31 Å². The van der Waals surface area contributed by atoms with Crippen LogP contribution in [-0.4, -0.2) is 74.2 Å². The van der Waals surface area contributed by atoms with E-state index in [0.717, 1.165) is 5.56 Å². The molecule has 182 valence electrons. The number of sulfonamides is 1. The lowest BCUT2D eigenvalue weighted by atomic mass is 10.1. The Bertz CT molecular complexity index is 1130. The molecule has 2 aromatic carbocycles. The number of nitrogens with zero attached hydrogens (tertiary/aromatic N) is 2. The van der Waals surface area contributed by atoms with Crippen LogP contribution in [0.2, 0.25) is 0 Å². The molecule has 1 fully saturated rings. The summed E-state index contributed by atoms with van der Waals surface area (Å²) >= 11 is 0. The zero-order valence-corrected chi connectivity index (χ0v) is 20.1. The maximum atomic E-state index is 13.1. The summed E-state index contributed by atoms with van der Waals surface area (Å²) in [5, 5.41) is 2.68. The molecule has 0 bridgehead atoms. The van der Waals surface area contributed by atoms with E-state index < -0.39 is 27.9 Å². The van der Waals surface area contributed by atoms with E-state index >= 15 is 0 Å². The zero-order chi connectivity index (χ0) is 24.7. The Hall–Kier alpha value is -3.24. The first kappa shape index (κ1) is 25.4. The summed E-state index contributed by atoms with van der Waals surface area (Å²) in [7, 11) is -3.85. The minimum Gasteiger partial charge on any atom is -0.464 e. The van der Waals surface area contributed by atoms with Crippen molar-refractivity contribution in [3.05, 3.63) is 65.7 Å². The van der Waals surface area contributed by atoms with Crippen molar-refractivity contribution < 1.29 is 27.5 Å². The van der Waals surface area contributed by atoms with Crippen LogP contribution >= 0.6 is 0 Å². The van der Waals surface area contributed by atoms with Crippen molar-refractivity contribution in [1.82, 2.24) is 14.5 Å². The highest BCUT2D eigenvalue weighted by molar-refractivity contribution is 7.89. The van der Waals surface area contributed by atoms with E-state index in [2.05, 4.69) is 5.32 Å². The lowest BCUT2D eigenvalue weighted by Crippen LogP contribution is -2.49. The van der Waals surface area contributed by atoms with E-state index in [-0.39, 0.29) is 42.5 Å². The van der Waals surface area contributed by atoms with Crippen LogP contribution in [0, 0.1) is 0 Å². The summed E-state index contributed by atoms with van der Waals surface area (Å²) < 4.78 is 32.6. The standard InChI is InChI=1S/C24H29N3O6S/c1-3-33-24(30)22(16-19-8-5-4-6-9-19)25-23(29)20-10-7-11-21(17-20)34(31,32)27-14-12-26(13-15-27)18(2)28/h4-11,17,22H,3,12-16H2,1-2H3,(H,25,29). The molecule has 34 heavy (non-hydrogen) atoms. The van der Waals surface area contributed by atoms with Crippen molar-refractivity contribution in [3.8, 4) is 0 Å². The molecule has 1 heterocycles. The van der Waals surface area contributed by atoms with Crippen LogP contribution in [-0.2, 0) is 30.8 Å². The normalized spacial score (nSPS) is 15.4. The Morgan fingerprint density at radius 3 is 2.29 bits per heavy atom. The molecule has 0 aromatic heterocycles. The van der Waals surface area contributed by atoms with Gasteiger partial charge in [0.15, 0.2) is 0 Å². The third-order valence-corrected chi connectivity index (χ3v) is 7.47. The number of piperazine rings is 1. The molecule has 1 aliphatic rings. The van der Waals surface area contributed by atoms with E-state index in [1.165, 1.54) is 35.5 Å². The topological polar surface area (TPSA) is 113 Å². The molecule has 0 radical (unpaired) electrons. The van der Waals surface area contributed by atoms with Gasteiger partial charge in [0.1, 0.15) is 6.04 Å². The van der Waals surface area contributed by atoms with Gasteiger partial charge in [-0.25, -0.2) is 13.2 Å². The number of hydrogen-bond donors (Lipinski definition) is 1. The van der Waals surface area contributed by atoms with Crippen molar-refractivity contribution in [2.75, 3.05) is 32.8 Å². The molecule has 0 spiro atoms. The van der Waals surface area contributed by atoms with E-state index in [4.69, 9.17) is 4.74 Å². The van der Waals surface area contributed by atoms with Crippen molar-refractivity contribution in [1.29, 1.82) is 0 Å². The molecule has 1 N–H and O–H groups in total. The number of esters is 1.